The molecule has 1 aromatic heterocycles. The number of hydrogen-bond donors (Lipinski definition) is 0. The molecule has 5 heteroatoms. The standard InChI is InChI=1S/C13H16ClN3O/c14-12-3-4-15-8-11(12)13(18)17-7-6-16-5-1-2-10(16)9-17/h3-4,8,10H,1-2,5-7,9H2. The third kappa shape index (κ3) is 2.10. The molecule has 0 radical (unpaired) electrons. The maximum Gasteiger partial charge on any atom is 0.257 e. The zero-order valence-corrected chi connectivity index (χ0v) is 10.9. The minimum Gasteiger partial charge on any atom is -0.336 e. The van der Waals surface area contributed by atoms with E-state index in [1.54, 1.807) is 18.5 Å². The van der Waals surface area contributed by atoms with Crippen LogP contribution < -0.4 is 0 Å². The molecule has 96 valence electrons. The second-order valence-corrected chi connectivity index (χ2v) is 5.35. The van der Waals surface area contributed by atoms with Gasteiger partial charge in [0.25, 0.3) is 5.91 Å². The molecule has 0 N–H and O–H groups in total. The Labute approximate surface area is 112 Å². The summed E-state index contributed by atoms with van der Waals surface area (Å²) < 4.78 is 0. The predicted molar refractivity (Wildman–Crippen MR) is 69.7 cm³/mol. The number of pyridine rings is 1. The first-order valence-corrected chi connectivity index (χ1v) is 6.76. The van der Waals surface area contributed by atoms with Crippen LogP contribution in [0, 0.1) is 0 Å². The molecule has 0 aliphatic carbocycles. The van der Waals surface area contributed by atoms with Crippen LogP contribution in [0.25, 0.3) is 0 Å². The van der Waals surface area contributed by atoms with E-state index in [1.807, 2.05) is 4.90 Å². The lowest BCUT2D eigenvalue weighted by Gasteiger charge is -2.37. The molecule has 2 saturated heterocycles. The fourth-order valence-electron chi connectivity index (χ4n) is 2.88. The van der Waals surface area contributed by atoms with Crippen molar-refractivity contribution >= 4 is 17.5 Å². The smallest absolute Gasteiger partial charge is 0.257 e. The topological polar surface area (TPSA) is 36.4 Å². The average molecular weight is 266 g/mol. The SMILES string of the molecule is O=C(c1cnccc1Cl)N1CCN2CCCC2C1. The molecule has 1 aromatic rings. The predicted octanol–water partition coefficient (Wildman–Crippen LogP) is 1.66. The highest BCUT2D eigenvalue weighted by Gasteiger charge is 2.33. The molecule has 0 bridgehead atoms. The molecule has 4 nitrogen and oxygen atoms in total. The van der Waals surface area contributed by atoms with Crippen LogP contribution in [-0.2, 0) is 0 Å². The van der Waals surface area contributed by atoms with E-state index in [1.165, 1.54) is 19.4 Å². The lowest BCUT2D eigenvalue weighted by Crippen LogP contribution is -2.52. The highest BCUT2D eigenvalue weighted by Crippen LogP contribution is 2.23. The molecule has 18 heavy (non-hydrogen) atoms. The quantitative estimate of drug-likeness (QED) is 0.775. The van der Waals surface area contributed by atoms with Crippen molar-refractivity contribution in [3.8, 4) is 0 Å². The number of fused-ring (bicyclic) bond motifs is 1. The Morgan fingerprint density at radius 3 is 3.11 bits per heavy atom. The summed E-state index contributed by atoms with van der Waals surface area (Å²) in [6.45, 7) is 3.78. The average Bonchev–Trinajstić information content (AvgIpc) is 2.85. The van der Waals surface area contributed by atoms with Crippen LogP contribution in [-0.4, -0.2) is 52.9 Å². The van der Waals surface area contributed by atoms with Gasteiger partial charge in [-0.25, -0.2) is 0 Å². The molecule has 2 fully saturated rings. The molecule has 1 unspecified atom stereocenters. The molecule has 3 rings (SSSR count). The van der Waals surface area contributed by atoms with Gasteiger partial charge in [-0.05, 0) is 25.5 Å². The summed E-state index contributed by atoms with van der Waals surface area (Å²) >= 11 is 6.05. The number of piperazine rings is 1. The molecular weight excluding hydrogens is 250 g/mol. The first kappa shape index (κ1) is 11.9. The Morgan fingerprint density at radius 1 is 1.39 bits per heavy atom. The van der Waals surface area contributed by atoms with Crippen LogP contribution >= 0.6 is 11.6 Å². The Bertz CT molecular complexity index is 465. The van der Waals surface area contributed by atoms with Gasteiger partial charge in [-0.3, -0.25) is 14.7 Å². The lowest BCUT2D eigenvalue weighted by atomic mass is 10.1. The van der Waals surface area contributed by atoms with Crippen molar-refractivity contribution in [2.45, 2.75) is 18.9 Å². The number of halogens is 1. The van der Waals surface area contributed by atoms with Gasteiger partial charge < -0.3 is 4.90 Å². The fraction of sp³-hybridized carbons (Fsp3) is 0.538. The van der Waals surface area contributed by atoms with E-state index in [0.717, 1.165) is 19.6 Å². The number of carbonyl (C=O) groups excluding carboxylic acids is 1. The zero-order chi connectivity index (χ0) is 12.5. The monoisotopic (exact) mass is 265 g/mol. The van der Waals surface area contributed by atoms with Crippen molar-refractivity contribution in [3.05, 3.63) is 29.0 Å². The van der Waals surface area contributed by atoms with E-state index in [4.69, 9.17) is 11.6 Å². The van der Waals surface area contributed by atoms with E-state index in [2.05, 4.69) is 9.88 Å². The molecule has 0 spiro atoms. The van der Waals surface area contributed by atoms with Crippen LogP contribution in [0.5, 0.6) is 0 Å². The van der Waals surface area contributed by atoms with Crippen LogP contribution in [0.4, 0.5) is 0 Å². The number of aromatic nitrogens is 1. The zero-order valence-electron chi connectivity index (χ0n) is 10.2. The van der Waals surface area contributed by atoms with Gasteiger partial charge in [-0.2, -0.15) is 0 Å². The summed E-state index contributed by atoms with van der Waals surface area (Å²) in [6.07, 6.45) is 5.62. The van der Waals surface area contributed by atoms with Gasteiger partial charge in [0.2, 0.25) is 0 Å². The van der Waals surface area contributed by atoms with E-state index in [9.17, 15) is 4.79 Å². The number of hydrogen-bond acceptors (Lipinski definition) is 3. The maximum absolute atomic E-state index is 12.4. The van der Waals surface area contributed by atoms with E-state index in [-0.39, 0.29) is 5.91 Å². The van der Waals surface area contributed by atoms with E-state index >= 15 is 0 Å². The summed E-state index contributed by atoms with van der Waals surface area (Å²) in [5, 5.41) is 0.490. The van der Waals surface area contributed by atoms with Gasteiger partial charge in [0, 0.05) is 38.1 Å². The van der Waals surface area contributed by atoms with Crippen LogP contribution in [0.15, 0.2) is 18.5 Å². The second kappa shape index (κ2) is 4.86. The van der Waals surface area contributed by atoms with Gasteiger partial charge in [0.1, 0.15) is 0 Å². The number of carbonyl (C=O) groups is 1. The normalized spacial score (nSPS) is 24.1. The third-order valence-electron chi connectivity index (χ3n) is 3.87. The Balaban J connectivity index is 1.75. The lowest BCUT2D eigenvalue weighted by molar-refractivity contribution is 0.0571. The molecular formula is C13H16ClN3O. The molecule has 1 amide bonds. The minimum atomic E-state index is 0.0136. The molecule has 2 aliphatic rings. The molecule has 0 aromatic carbocycles. The van der Waals surface area contributed by atoms with Crippen LogP contribution in [0.1, 0.15) is 23.2 Å². The maximum atomic E-state index is 12.4. The number of amides is 1. The van der Waals surface area contributed by atoms with Gasteiger partial charge in [-0.1, -0.05) is 11.6 Å². The molecule has 0 saturated carbocycles. The summed E-state index contributed by atoms with van der Waals surface area (Å²) in [6, 6.07) is 2.21. The van der Waals surface area contributed by atoms with Gasteiger partial charge in [0.15, 0.2) is 0 Å². The van der Waals surface area contributed by atoms with Crippen molar-refractivity contribution in [1.29, 1.82) is 0 Å². The van der Waals surface area contributed by atoms with Crippen molar-refractivity contribution in [3.63, 3.8) is 0 Å². The Hall–Kier alpha value is -1.13. The highest BCUT2D eigenvalue weighted by molar-refractivity contribution is 6.33. The first-order valence-electron chi connectivity index (χ1n) is 6.38. The molecule has 1 atom stereocenters. The highest BCUT2D eigenvalue weighted by atomic mass is 35.5. The van der Waals surface area contributed by atoms with Crippen LogP contribution in [0.2, 0.25) is 5.02 Å². The van der Waals surface area contributed by atoms with Crippen molar-refractivity contribution in [1.82, 2.24) is 14.8 Å². The molecule has 2 aliphatic heterocycles. The molecule has 3 heterocycles. The summed E-state index contributed by atoms with van der Waals surface area (Å²) in [4.78, 5) is 20.8. The summed E-state index contributed by atoms with van der Waals surface area (Å²) in [5.41, 5.74) is 0.519. The third-order valence-corrected chi connectivity index (χ3v) is 4.20. The number of rotatable bonds is 1. The van der Waals surface area contributed by atoms with Gasteiger partial charge in [-0.15, -0.1) is 0 Å². The van der Waals surface area contributed by atoms with Crippen molar-refractivity contribution in [2.75, 3.05) is 26.2 Å². The fourth-order valence-corrected chi connectivity index (χ4v) is 3.07. The summed E-state index contributed by atoms with van der Waals surface area (Å²) in [5.74, 6) is 0.0136. The first-order chi connectivity index (χ1) is 8.75. The Kier molecular flexibility index (Phi) is 3.22. The van der Waals surface area contributed by atoms with Gasteiger partial charge in [0.05, 0.1) is 10.6 Å². The largest absolute Gasteiger partial charge is 0.336 e. The second-order valence-electron chi connectivity index (χ2n) is 4.94. The van der Waals surface area contributed by atoms with E-state index in [0.29, 0.717) is 16.6 Å². The summed E-state index contributed by atoms with van der Waals surface area (Å²) in [7, 11) is 0. The van der Waals surface area contributed by atoms with Crippen molar-refractivity contribution < 1.29 is 4.79 Å². The van der Waals surface area contributed by atoms with Crippen molar-refractivity contribution in [2.24, 2.45) is 0 Å². The number of nitrogens with zero attached hydrogens (tertiary/aromatic N) is 3. The Morgan fingerprint density at radius 2 is 2.28 bits per heavy atom. The van der Waals surface area contributed by atoms with Crippen LogP contribution in [0.3, 0.4) is 0 Å². The minimum absolute atomic E-state index is 0.0136. The van der Waals surface area contributed by atoms with Gasteiger partial charge >= 0.3 is 0 Å². The van der Waals surface area contributed by atoms with E-state index < -0.39 is 0 Å².